The van der Waals surface area contributed by atoms with Crippen molar-refractivity contribution in [2.75, 3.05) is 13.2 Å². The minimum Gasteiger partial charge on any atom is -0.504 e. The van der Waals surface area contributed by atoms with Gasteiger partial charge in [-0.3, -0.25) is 0 Å². The summed E-state index contributed by atoms with van der Waals surface area (Å²) in [7, 11) is 0. The summed E-state index contributed by atoms with van der Waals surface area (Å²) in [5.74, 6) is 0.478. The Labute approximate surface area is 89.3 Å². The third-order valence-electron chi connectivity index (χ3n) is 2.11. The largest absolute Gasteiger partial charge is 0.504 e. The molecule has 0 aliphatic rings. The zero-order chi connectivity index (χ0) is 11.3. The standard InChI is InChI=1S/C11H17NO3/c1-2-15-11-7-8(3-4-10(11)14)9(13)5-6-12/h3-4,7,9,13-14H,2,5-6,12H2,1H3/t9-/m0/s1. The molecule has 0 bridgehead atoms. The van der Waals surface area contributed by atoms with Crippen LogP contribution in [0.15, 0.2) is 18.2 Å². The third kappa shape index (κ3) is 3.11. The topological polar surface area (TPSA) is 75.7 Å². The van der Waals surface area contributed by atoms with Gasteiger partial charge >= 0.3 is 0 Å². The van der Waals surface area contributed by atoms with Gasteiger partial charge in [-0.2, -0.15) is 0 Å². The predicted octanol–water partition coefficient (Wildman–Crippen LogP) is 1.17. The monoisotopic (exact) mass is 211 g/mol. The minimum atomic E-state index is -0.602. The lowest BCUT2D eigenvalue weighted by Crippen LogP contribution is -2.06. The number of phenols is 1. The van der Waals surface area contributed by atoms with Crippen LogP contribution in [0.2, 0.25) is 0 Å². The van der Waals surface area contributed by atoms with Gasteiger partial charge in [0.1, 0.15) is 0 Å². The first kappa shape index (κ1) is 11.8. The zero-order valence-corrected chi connectivity index (χ0v) is 8.81. The van der Waals surface area contributed by atoms with E-state index >= 15 is 0 Å². The molecule has 0 amide bonds. The minimum absolute atomic E-state index is 0.0838. The van der Waals surface area contributed by atoms with E-state index in [9.17, 15) is 10.2 Å². The molecule has 15 heavy (non-hydrogen) atoms. The number of aliphatic hydroxyl groups is 1. The van der Waals surface area contributed by atoms with Crippen LogP contribution in [0.4, 0.5) is 0 Å². The number of aliphatic hydroxyl groups excluding tert-OH is 1. The van der Waals surface area contributed by atoms with Crippen molar-refractivity contribution in [3.63, 3.8) is 0 Å². The molecular formula is C11H17NO3. The van der Waals surface area contributed by atoms with E-state index in [4.69, 9.17) is 10.5 Å². The van der Waals surface area contributed by atoms with Crippen LogP contribution >= 0.6 is 0 Å². The fourth-order valence-corrected chi connectivity index (χ4v) is 1.33. The molecule has 0 aliphatic carbocycles. The number of benzene rings is 1. The van der Waals surface area contributed by atoms with Gasteiger partial charge in [-0.1, -0.05) is 6.07 Å². The lowest BCUT2D eigenvalue weighted by molar-refractivity contribution is 0.169. The summed E-state index contributed by atoms with van der Waals surface area (Å²) in [4.78, 5) is 0. The van der Waals surface area contributed by atoms with Crippen molar-refractivity contribution >= 4 is 0 Å². The molecule has 1 aromatic carbocycles. The quantitative estimate of drug-likeness (QED) is 0.683. The summed E-state index contributed by atoms with van der Waals surface area (Å²) in [5, 5.41) is 19.1. The van der Waals surface area contributed by atoms with Crippen LogP contribution in [0.3, 0.4) is 0 Å². The Balaban J connectivity index is 2.86. The SMILES string of the molecule is CCOc1cc([C@@H](O)CCN)ccc1O. The van der Waals surface area contributed by atoms with Crippen molar-refractivity contribution in [3.05, 3.63) is 23.8 Å². The van der Waals surface area contributed by atoms with E-state index in [1.165, 1.54) is 6.07 Å². The van der Waals surface area contributed by atoms with Crippen LogP contribution in [0, 0.1) is 0 Å². The molecular weight excluding hydrogens is 194 g/mol. The summed E-state index contributed by atoms with van der Waals surface area (Å²) in [6, 6.07) is 4.82. The first-order chi connectivity index (χ1) is 7.19. The van der Waals surface area contributed by atoms with Gasteiger partial charge < -0.3 is 20.7 Å². The molecule has 0 fully saturated rings. The molecule has 4 N–H and O–H groups in total. The molecule has 1 aromatic rings. The van der Waals surface area contributed by atoms with Crippen molar-refractivity contribution in [3.8, 4) is 11.5 Å². The number of phenolic OH excluding ortho intramolecular Hbond substituents is 1. The summed E-state index contributed by atoms with van der Waals surface area (Å²) in [6.07, 6.45) is -0.106. The lowest BCUT2D eigenvalue weighted by Gasteiger charge is -2.12. The average molecular weight is 211 g/mol. The van der Waals surface area contributed by atoms with E-state index in [0.717, 1.165) is 0 Å². The summed E-state index contributed by atoms with van der Waals surface area (Å²) in [5.41, 5.74) is 6.06. The summed E-state index contributed by atoms with van der Waals surface area (Å²) in [6.45, 7) is 2.73. The molecule has 0 saturated carbocycles. The number of hydrogen-bond acceptors (Lipinski definition) is 4. The number of ether oxygens (including phenoxy) is 1. The van der Waals surface area contributed by atoms with E-state index in [0.29, 0.717) is 30.9 Å². The third-order valence-corrected chi connectivity index (χ3v) is 2.11. The number of aromatic hydroxyl groups is 1. The molecule has 0 saturated heterocycles. The Hall–Kier alpha value is -1.26. The lowest BCUT2D eigenvalue weighted by atomic mass is 10.1. The highest BCUT2D eigenvalue weighted by Gasteiger charge is 2.10. The van der Waals surface area contributed by atoms with E-state index in [2.05, 4.69) is 0 Å². The molecule has 0 spiro atoms. The van der Waals surface area contributed by atoms with Crippen LogP contribution in [-0.4, -0.2) is 23.4 Å². The highest BCUT2D eigenvalue weighted by atomic mass is 16.5. The van der Waals surface area contributed by atoms with Crippen LogP contribution < -0.4 is 10.5 Å². The van der Waals surface area contributed by atoms with Gasteiger partial charge in [0.05, 0.1) is 12.7 Å². The van der Waals surface area contributed by atoms with E-state index in [1.807, 2.05) is 6.92 Å². The fraction of sp³-hybridized carbons (Fsp3) is 0.455. The van der Waals surface area contributed by atoms with Gasteiger partial charge in [0.15, 0.2) is 11.5 Å². The van der Waals surface area contributed by atoms with Crippen LogP contribution in [0.5, 0.6) is 11.5 Å². The van der Waals surface area contributed by atoms with Crippen molar-refractivity contribution < 1.29 is 14.9 Å². The molecule has 4 heteroatoms. The van der Waals surface area contributed by atoms with Gasteiger partial charge in [-0.15, -0.1) is 0 Å². The van der Waals surface area contributed by atoms with Crippen molar-refractivity contribution in [1.82, 2.24) is 0 Å². The van der Waals surface area contributed by atoms with Crippen LogP contribution in [0.1, 0.15) is 25.0 Å². The van der Waals surface area contributed by atoms with Crippen molar-refractivity contribution in [2.24, 2.45) is 5.73 Å². The van der Waals surface area contributed by atoms with E-state index in [1.54, 1.807) is 12.1 Å². The van der Waals surface area contributed by atoms with Crippen LogP contribution in [0.25, 0.3) is 0 Å². The Bertz CT molecular complexity index is 315. The second-order valence-corrected chi connectivity index (χ2v) is 3.25. The smallest absolute Gasteiger partial charge is 0.161 e. The van der Waals surface area contributed by atoms with Gasteiger partial charge in [-0.25, -0.2) is 0 Å². The van der Waals surface area contributed by atoms with E-state index < -0.39 is 6.10 Å². The molecule has 0 radical (unpaired) electrons. The molecule has 1 rings (SSSR count). The molecule has 1 atom stereocenters. The Kier molecular flexibility index (Phi) is 4.39. The molecule has 4 nitrogen and oxygen atoms in total. The first-order valence-electron chi connectivity index (χ1n) is 5.02. The second-order valence-electron chi connectivity index (χ2n) is 3.25. The van der Waals surface area contributed by atoms with E-state index in [-0.39, 0.29) is 5.75 Å². The number of hydrogen-bond donors (Lipinski definition) is 3. The predicted molar refractivity (Wildman–Crippen MR) is 57.9 cm³/mol. The first-order valence-corrected chi connectivity index (χ1v) is 5.02. The van der Waals surface area contributed by atoms with Crippen LogP contribution in [-0.2, 0) is 0 Å². The molecule has 0 aliphatic heterocycles. The molecule has 0 unspecified atom stereocenters. The van der Waals surface area contributed by atoms with Gasteiger partial charge in [0.25, 0.3) is 0 Å². The number of rotatable bonds is 5. The maximum absolute atomic E-state index is 9.69. The van der Waals surface area contributed by atoms with Gasteiger partial charge in [0.2, 0.25) is 0 Å². The Morgan fingerprint density at radius 3 is 2.80 bits per heavy atom. The van der Waals surface area contributed by atoms with Crippen molar-refractivity contribution in [2.45, 2.75) is 19.4 Å². The molecule has 84 valence electrons. The summed E-state index contributed by atoms with van der Waals surface area (Å²) < 4.78 is 5.21. The average Bonchev–Trinajstić information content (AvgIpc) is 2.22. The van der Waals surface area contributed by atoms with Gasteiger partial charge in [-0.05, 0) is 37.6 Å². The zero-order valence-electron chi connectivity index (χ0n) is 8.81. The summed E-state index contributed by atoms with van der Waals surface area (Å²) >= 11 is 0. The number of nitrogens with two attached hydrogens (primary N) is 1. The molecule has 0 aromatic heterocycles. The Morgan fingerprint density at radius 2 is 2.20 bits per heavy atom. The highest BCUT2D eigenvalue weighted by molar-refractivity contribution is 5.42. The highest BCUT2D eigenvalue weighted by Crippen LogP contribution is 2.29. The molecule has 0 heterocycles. The fourth-order valence-electron chi connectivity index (χ4n) is 1.33. The van der Waals surface area contributed by atoms with Crippen molar-refractivity contribution in [1.29, 1.82) is 0 Å². The normalized spacial score (nSPS) is 12.5. The maximum atomic E-state index is 9.69. The van der Waals surface area contributed by atoms with Gasteiger partial charge in [0, 0.05) is 0 Å². The Morgan fingerprint density at radius 1 is 1.47 bits per heavy atom. The maximum Gasteiger partial charge on any atom is 0.161 e. The second kappa shape index (κ2) is 5.58.